The summed E-state index contributed by atoms with van der Waals surface area (Å²) in [7, 11) is 0. The summed E-state index contributed by atoms with van der Waals surface area (Å²) in [6.45, 7) is 4.31. The number of fused-ring (bicyclic) bond motifs is 1. The van der Waals surface area contributed by atoms with Gasteiger partial charge in [-0.2, -0.15) is 0 Å². The van der Waals surface area contributed by atoms with Crippen LogP contribution in [0.25, 0.3) is 0 Å². The zero-order chi connectivity index (χ0) is 11.4. The number of piperidine rings is 1. The van der Waals surface area contributed by atoms with Crippen molar-refractivity contribution in [2.24, 2.45) is 5.73 Å². The quantitative estimate of drug-likeness (QED) is 0.575. The van der Waals surface area contributed by atoms with Crippen molar-refractivity contribution in [3.05, 3.63) is 0 Å². The zero-order valence-electron chi connectivity index (χ0n) is 10.1. The Balaban J connectivity index is 1.97. The first-order chi connectivity index (χ1) is 7.82. The third-order valence-corrected chi connectivity index (χ3v) is 4.27. The van der Waals surface area contributed by atoms with E-state index in [1.807, 2.05) is 0 Å². The molecule has 2 aliphatic rings. The van der Waals surface area contributed by atoms with Crippen LogP contribution in [0.5, 0.6) is 0 Å². The predicted octanol–water partition coefficient (Wildman–Crippen LogP) is -0.0859. The SMILES string of the molecule is NCC1(NCCCO)CCN2CCCCC21. The highest BCUT2D eigenvalue weighted by Gasteiger charge is 2.46. The Morgan fingerprint density at radius 3 is 3.00 bits per heavy atom. The van der Waals surface area contributed by atoms with Gasteiger partial charge in [0.1, 0.15) is 0 Å². The molecule has 2 unspecified atom stereocenters. The van der Waals surface area contributed by atoms with Crippen LogP contribution in [-0.2, 0) is 0 Å². The van der Waals surface area contributed by atoms with Gasteiger partial charge in [-0.15, -0.1) is 0 Å². The summed E-state index contributed by atoms with van der Waals surface area (Å²) < 4.78 is 0. The van der Waals surface area contributed by atoms with Crippen LogP contribution in [0.4, 0.5) is 0 Å². The first-order valence-corrected chi connectivity index (χ1v) is 6.62. The smallest absolute Gasteiger partial charge is 0.0473 e. The number of hydrogen-bond acceptors (Lipinski definition) is 4. The van der Waals surface area contributed by atoms with E-state index in [0.29, 0.717) is 6.04 Å². The Labute approximate surface area is 98.2 Å². The van der Waals surface area contributed by atoms with E-state index in [1.54, 1.807) is 0 Å². The largest absolute Gasteiger partial charge is 0.396 e. The molecule has 94 valence electrons. The Kier molecular flexibility index (Phi) is 4.19. The maximum Gasteiger partial charge on any atom is 0.0473 e. The van der Waals surface area contributed by atoms with Gasteiger partial charge in [0, 0.05) is 31.3 Å². The fourth-order valence-electron chi connectivity index (χ4n) is 3.33. The third-order valence-electron chi connectivity index (χ3n) is 4.27. The number of hydrogen-bond donors (Lipinski definition) is 3. The Morgan fingerprint density at radius 2 is 2.25 bits per heavy atom. The molecule has 4 N–H and O–H groups in total. The number of nitrogens with two attached hydrogens (primary N) is 1. The Bertz CT molecular complexity index is 224. The molecule has 0 radical (unpaired) electrons. The van der Waals surface area contributed by atoms with Gasteiger partial charge in [0.05, 0.1) is 0 Å². The summed E-state index contributed by atoms with van der Waals surface area (Å²) in [5.41, 5.74) is 6.13. The molecule has 4 heteroatoms. The lowest BCUT2D eigenvalue weighted by Crippen LogP contribution is -2.60. The summed E-state index contributed by atoms with van der Waals surface area (Å²) >= 11 is 0. The van der Waals surface area contributed by atoms with Gasteiger partial charge in [-0.05, 0) is 38.8 Å². The van der Waals surface area contributed by atoms with Crippen molar-refractivity contribution in [1.29, 1.82) is 0 Å². The van der Waals surface area contributed by atoms with Gasteiger partial charge < -0.3 is 16.2 Å². The van der Waals surface area contributed by atoms with Gasteiger partial charge in [0.25, 0.3) is 0 Å². The highest BCUT2D eigenvalue weighted by atomic mass is 16.3. The van der Waals surface area contributed by atoms with Crippen molar-refractivity contribution in [3.63, 3.8) is 0 Å². The first-order valence-electron chi connectivity index (χ1n) is 6.62. The lowest BCUT2D eigenvalue weighted by atomic mass is 9.85. The monoisotopic (exact) mass is 227 g/mol. The maximum atomic E-state index is 8.85. The summed E-state index contributed by atoms with van der Waals surface area (Å²) in [5.74, 6) is 0. The molecule has 2 aliphatic heterocycles. The maximum absolute atomic E-state index is 8.85. The highest BCUT2D eigenvalue weighted by molar-refractivity contribution is 5.07. The van der Waals surface area contributed by atoms with E-state index in [4.69, 9.17) is 10.8 Å². The summed E-state index contributed by atoms with van der Waals surface area (Å²) in [6.07, 6.45) is 5.95. The fraction of sp³-hybridized carbons (Fsp3) is 1.00. The summed E-state index contributed by atoms with van der Waals surface area (Å²) in [5, 5.41) is 12.5. The molecule has 4 nitrogen and oxygen atoms in total. The average Bonchev–Trinajstić information content (AvgIpc) is 2.70. The summed E-state index contributed by atoms with van der Waals surface area (Å²) in [6, 6.07) is 0.630. The normalized spacial score (nSPS) is 35.2. The lowest BCUT2D eigenvalue weighted by molar-refractivity contribution is 0.138. The molecule has 0 amide bonds. The topological polar surface area (TPSA) is 61.5 Å². The van der Waals surface area contributed by atoms with E-state index in [-0.39, 0.29) is 12.1 Å². The molecular formula is C12H25N3O. The minimum absolute atomic E-state index is 0.121. The minimum Gasteiger partial charge on any atom is -0.396 e. The van der Waals surface area contributed by atoms with Gasteiger partial charge >= 0.3 is 0 Å². The molecule has 0 spiro atoms. The van der Waals surface area contributed by atoms with Crippen molar-refractivity contribution in [3.8, 4) is 0 Å². The van der Waals surface area contributed by atoms with Gasteiger partial charge in [-0.25, -0.2) is 0 Å². The van der Waals surface area contributed by atoms with E-state index < -0.39 is 0 Å². The van der Waals surface area contributed by atoms with Crippen LogP contribution in [0, 0.1) is 0 Å². The fourth-order valence-corrected chi connectivity index (χ4v) is 3.33. The van der Waals surface area contributed by atoms with Crippen LogP contribution in [0.15, 0.2) is 0 Å². The molecule has 2 fully saturated rings. The van der Waals surface area contributed by atoms with E-state index in [2.05, 4.69) is 10.2 Å². The van der Waals surface area contributed by atoms with Gasteiger partial charge in [0.2, 0.25) is 0 Å². The zero-order valence-corrected chi connectivity index (χ0v) is 10.1. The van der Waals surface area contributed by atoms with E-state index in [1.165, 1.54) is 38.8 Å². The second-order valence-corrected chi connectivity index (χ2v) is 5.16. The molecule has 2 saturated heterocycles. The van der Waals surface area contributed by atoms with Crippen LogP contribution < -0.4 is 11.1 Å². The molecule has 16 heavy (non-hydrogen) atoms. The van der Waals surface area contributed by atoms with Crippen molar-refractivity contribution >= 4 is 0 Å². The van der Waals surface area contributed by atoms with Crippen molar-refractivity contribution in [1.82, 2.24) is 10.2 Å². The van der Waals surface area contributed by atoms with Gasteiger partial charge in [-0.1, -0.05) is 6.42 Å². The van der Waals surface area contributed by atoms with Gasteiger partial charge in [-0.3, -0.25) is 4.90 Å². The number of aliphatic hydroxyl groups excluding tert-OH is 1. The molecule has 2 heterocycles. The van der Waals surface area contributed by atoms with Crippen molar-refractivity contribution in [2.45, 2.75) is 43.7 Å². The molecule has 0 aliphatic carbocycles. The number of nitrogens with zero attached hydrogens (tertiary/aromatic N) is 1. The molecule has 2 atom stereocenters. The predicted molar refractivity (Wildman–Crippen MR) is 65.3 cm³/mol. The molecule has 2 rings (SSSR count). The van der Waals surface area contributed by atoms with Crippen molar-refractivity contribution in [2.75, 3.05) is 32.8 Å². The first kappa shape index (κ1) is 12.3. The van der Waals surface area contributed by atoms with Crippen LogP contribution in [0.2, 0.25) is 0 Å². The van der Waals surface area contributed by atoms with E-state index >= 15 is 0 Å². The van der Waals surface area contributed by atoms with Crippen LogP contribution in [-0.4, -0.2) is 54.4 Å². The Hall–Kier alpha value is -0.160. The van der Waals surface area contributed by atoms with Crippen molar-refractivity contribution < 1.29 is 5.11 Å². The molecule has 0 aromatic carbocycles. The number of rotatable bonds is 5. The van der Waals surface area contributed by atoms with Gasteiger partial charge in [0.15, 0.2) is 0 Å². The highest BCUT2D eigenvalue weighted by Crippen LogP contribution is 2.34. The van der Waals surface area contributed by atoms with E-state index in [0.717, 1.165) is 19.5 Å². The minimum atomic E-state index is 0.121. The molecular weight excluding hydrogens is 202 g/mol. The molecule has 0 saturated carbocycles. The Morgan fingerprint density at radius 1 is 1.38 bits per heavy atom. The standard InChI is InChI=1S/C12H25N3O/c13-10-12(14-6-3-9-16)5-8-15-7-2-1-4-11(12)15/h11,14,16H,1-10,13H2. The molecule has 0 aromatic rings. The number of nitrogens with one attached hydrogen (secondary N) is 1. The van der Waals surface area contributed by atoms with Crippen LogP contribution in [0.1, 0.15) is 32.1 Å². The third kappa shape index (κ3) is 2.25. The second kappa shape index (κ2) is 5.45. The van der Waals surface area contributed by atoms with Crippen LogP contribution >= 0.6 is 0 Å². The second-order valence-electron chi connectivity index (χ2n) is 5.16. The average molecular weight is 227 g/mol. The van der Waals surface area contributed by atoms with Crippen LogP contribution in [0.3, 0.4) is 0 Å². The molecule has 0 bridgehead atoms. The summed E-state index contributed by atoms with van der Waals surface area (Å²) in [4.78, 5) is 2.60. The lowest BCUT2D eigenvalue weighted by Gasteiger charge is -2.41. The molecule has 0 aromatic heterocycles. The van der Waals surface area contributed by atoms with E-state index in [9.17, 15) is 0 Å². The number of aliphatic hydroxyl groups is 1.